The van der Waals surface area contributed by atoms with Crippen molar-refractivity contribution in [3.05, 3.63) is 33.1 Å². The standard InChI is InChI=1S/C14H20N2O10/c17-5-3-24-13(11(22)8(5)19)25-4-6-9(20)10(21)12(26-6)16-2-1-7(18)15-14(16)23/h1-2,5-6,8-13,17,19-22H,3-4H2,(H,15,18,23). The average Bonchev–Trinajstić information content (AvgIpc) is 2.87. The largest absolute Gasteiger partial charge is 0.388 e. The molecular formula is C14H20N2O10. The second-order valence-electron chi connectivity index (χ2n) is 6.15. The number of aromatic amines is 1. The topological polar surface area (TPSA) is 184 Å². The molecule has 0 aliphatic carbocycles. The third-order valence-corrected chi connectivity index (χ3v) is 4.34. The highest BCUT2D eigenvalue weighted by Crippen LogP contribution is 2.29. The highest BCUT2D eigenvalue weighted by Gasteiger charge is 2.45. The van der Waals surface area contributed by atoms with Gasteiger partial charge in [0.1, 0.15) is 36.6 Å². The van der Waals surface area contributed by atoms with Crippen molar-refractivity contribution in [1.82, 2.24) is 9.55 Å². The van der Waals surface area contributed by atoms with E-state index in [0.29, 0.717) is 0 Å². The van der Waals surface area contributed by atoms with Crippen LogP contribution in [0.4, 0.5) is 0 Å². The van der Waals surface area contributed by atoms with Crippen molar-refractivity contribution in [1.29, 1.82) is 0 Å². The maximum atomic E-state index is 11.8. The summed E-state index contributed by atoms with van der Waals surface area (Å²) >= 11 is 0. The Morgan fingerprint density at radius 3 is 2.54 bits per heavy atom. The van der Waals surface area contributed by atoms with Crippen LogP contribution in [0.1, 0.15) is 6.23 Å². The Kier molecular flexibility index (Phi) is 5.55. The molecule has 0 amide bonds. The maximum absolute atomic E-state index is 11.8. The first-order valence-electron chi connectivity index (χ1n) is 7.90. The van der Waals surface area contributed by atoms with Crippen LogP contribution in [0.25, 0.3) is 0 Å². The summed E-state index contributed by atoms with van der Waals surface area (Å²) in [5.41, 5.74) is -1.44. The highest BCUT2D eigenvalue weighted by molar-refractivity contribution is 4.93. The summed E-state index contributed by atoms with van der Waals surface area (Å²) in [6.45, 7) is -0.591. The van der Waals surface area contributed by atoms with Gasteiger partial charge in [-0.2, -0.15) is 0 Å². The number of hydrogen-bond acceptors (Lipinski definition) is 10. The van der Waals surface area contributed by atoms with Gasteiger partial charge in [0.25, 0.3) is 5.56 Å². The molecule has 2 fully saturated rings. The fourth-order valence-electron chi connectivity index (χ4n) is 2.84. The molecule has 2 aliphatic rings. The molecule has 1 aromatic rings. The van der Waals surface area contributed by atoms with E-state index in [1.165, 1.54) is 0 Å². The molecular weight excluding hydrogens is 356 g/mol. The molecule has 12 heteroatoms. The van der Waals surface area contributed by atoms with Crippen molar-refractivity contribution in [2.45, 2.75) is 49.1 Å². The van der Waals surface area contributed by atoms with Crippen molar-refractivity contribution in [2.75, 3.05) is 13.2 Å². The Morgan fingerprint density at radius 2 is 1.85 bits per heavy atom. The fourth-order valence-corrected chi connectivity index (χ4v) is 2.84. The summed E-state index contributed by atoms with van der Waals surface area (Å²) in [6, 6.07) is 1.06. The van der Waals surface area contributed by atoms with E-state index < -0.39 is 60.4 Å². The minimum Gasteiger partial charge on any atom is -0.388 e. The molecule has 3 rings (SSSR count). The molecule has 8 atom stereocenters. The first-order chi connectivity index (χ1) is 12.3. The van der Waals surface area contributed by atoms with E-state index in [1.54, 1.807) is 0 Å². The smallest absolute Gasteiger partial charge is 0.330 e. The van der Waals surface area contributed by atoms with Gasteiger partial charge in [-0.3, -0.25) is 14.3 Å². The van der Waals surface area contributed by atoms with Crippen LogP contribution in [0.5, 0.6) is 0 Å². The van der Waals surface area contributed by atoms with Gasteiger partial charge in [0.2, 0.25) is 0 Å². The Hall–Kier alpha value is -1.64. The van der Waals surface area contributed by atoms with Crippen LogP contribution in [0, 0.1) is 0 Å². The second-order valence-corrected chi connectivity index (χ2v) is 6.15. The summed E-state index contributed by atoms with van der Waals surface area (Å²) in [5.74, 6) is 0. The third kappa shape index (κ3) is 3.58. The van der Waals surface area contributed by atoms with Crippen molar-refractivity contribution >= 4 is 0 Å². The van der Waals surface area contributed by atoms with E-state index in [9.17, 15) is 35.1 Å². The molecule has 0 spiro atoms. The molecule has 146 valence electrons. The van der Waals surface area contributed by atoms with E-state index >= 15 is 0 Å². The van der Waals surface area contributed by atoms with Gasteiger partial charge in [0.05, 0.1) is 13.2 Å². The first-order valence-corrected chi connectivity index (χ1v) is 7.90. The summed E-state index contributed by atoms with van der Waals surface area (Å²) in [6.07, 6.45) is -9.60. The second kappa shape index (κ2) is 7.54. The van der Waals surface area contributed by atoms with Crippen LogP contribution >= 0.6 is 0 Å². The number of aliphatic hydroxyl groups excluding tert-OH is 5. The van der Waals surface area contributed by atoms with Crippen LogP contribution in [0.3, 0.4) is 0 Å². The van der Waals surface area contributed by atoms with Gasteiger partial charge < -0.3 is 39.7 Å². The van der Waals surface area contributed by atoms with E-state index in [2.05, 4.69) is 0 Å². The van der Waals surface area contributed by atoms with Gasteiger partial charge in [0.15, 0.2) is 12.5 Å². The Labute approximate surface area is 145 Å². The van der Waals surface area contributed by atoms with E-state index in [1.807, 2.05) is 4.98 Å². The van der Waals surface area contributed by atoms with Crippen molar-refractivity contribution < 1.29 is 39.7 Å². The van der Waals surface area contributed by atoms with Crippen molar-refractivity contribution in [3.63, 3.8) is 0 Å². The lowest BCUT2D eigenvalue weighted by atomic mass is 10.1. The summed E-state index contributed by atoms with van der Waals surface area (Å²) in [4.78, 5) is 24.9. The summed E-state index contributed by atoms with van der Waals surface area (Å²) in [5, 5.41) is 49.0. The highest BCUT2D eigenvalue weighted by atomic mass is 16.7. The average molecular weight is 376 g/mol. The summed E-state index contributed by atoms with van der Waals surface area (Å²) < 4.78 is 16.7. The van der Waals surface area contributed by atoms with Gasteiger partial charge >= 0.3 is 5.69 Å². The van der Waals surface area contributed by atoms with Gasteiger partial charge in [0, 0.05) is 12.3 Å². The molecule has 0 aromatic carbocycles. The van der Waals surface area contributed by atoms with E-state index in [0.717, 1.165) is 16.8 Å². The molecule has 0 saturated carbocycles. The minimum absolute atomic E-state index is 0.255. The molecule has 3 heterocycles. The van der Waals surface area contributed by atoms with Crippen molar-refractivity contribution in [3.8, 4) is 0 Å². The van der Waals surface area contributed by atoms with Gasteiger partial charge in [-0.15, -0.1) is 0 Å². The lowest BCUT2D eigenvalue weighted by Crippen LogP contribution is -2.54. The number of aromatic nitrogens is 2. The van der Waals surface area contributed by atoms with Crippen LogP contribution in [0.15, 0.2) is 21.9 Å². The SMILES string of the molecule is O=c1ccn(C2OC(COC3OCC(O)C(O)C3O)C(O)C2O)c(=O)[nH]1. The third-order valence-electron chi connectivity index (χ3n) is 4.34. The van der Waals surface area contributed by atoms with Crippen LogP contribution < -0.4 is 11.2 Å². The zero-order valence-electron chi connectivity index (χ0n) is 13.4. The lowest BCUT2D eigenvalue weighted by molar-refractivity contribution is -0.277. The monoisotopic (exact) mass is 376 g/mol. The molecule has 8 unspecified atom stereocenters. The van der Waals surface area contributed by atoms with E-state index in [4.69, 9.17) is 14.2 Å². The normalized spacial score (nSPS) is 40.7. The first kappa shape index (κ1) is 19.1. The molecule has 2 saturated heterocycles. The zero-order chi connectivity index (χ0) is 19.0. The predicted octanol–water partition coefficient (Wildman–Crippen LogP) is -4.39. The van der Waals surface area contributed by atoms with Crippen LogP contribution in [-0.4, -0.2) is 91.2 Å². The number of rotatable bonds is 4. The quantitative estimate of drug-likeness (QED) is 0.300. The van der Waals surface area contributed by atoms with Gasteiger partial charge in [-0.25, -0.2) is 4.79 Å². The van der Waals surface area contributed by atoms with Gasteiger partial charge in [-0.05, 0) is 0 Å². The number of H-pyrrole nitrogens is 1. The predicted molar refractivity (Wildman–Crippen MR) is 81.0 cm³/mol. The molecule has 2 aliphatic heterocycles. The Bertz CT molecular complexity index is 735. The van der Waals surface area contributed by atoms with Gasteiger partial charge in [-0.1, -0.05) is 0 Å². The number of ether oxygens (including phenoxy) is 3. The van der Waals surface area contributed by atoms with Crippen LogP contribution in [-0.2, 0) is 14.2 Å². The Balaban J connectivity index is 1.65. The van der Waals surface area contributed by atoms with Crippen LogP contribution in [0.2, 0.25) is 0 Å². The lowest BCUT2D eigenvalue weighted by Gasteiger charge is -2.35. The molecule has 12 nitrogen and oxygen atoms in total. The minimum atomic E-state index is -1.51. The van der Waals surface area contributed by atoms with E-state index in [-0.39, 0.29) is 13.2 Å². The number of hydrogen-bond donors (Lipinski definition) is 6. The zero-order valence-corrected chi connectivity index (χ0v) is 13.4. The summed E-state index contributed by atoms with van der Waals surface area (Å²) in [7, 11) is 0. The number of aliphatic hydroxyl groups is 5. The fraction of sp³-hybridized carbons (Fsp3) is 0.714. The Morgan fingerprint density at radius 1 is 1.12 bits per heavy atom. The van der Waals surface area contributed by atoms with Crippen molar-refractivity contribution in [2.24, 2.45) is 0 Å². The molecule has 26 heavy (non-hydrogen) atoms. The molecule has 1 aromatic heterocycles. The molecule has 0 radical (unpaired) electrons. The number of nitrogens with zero attached hydrogens (tertiary/aromatic N) is 1. The maximum Gasteiger partial charge on any atom is 0.330 e. The number of nitrogens with one attached hydrogen (secondary N) is 1. The molecule has 0 bridgehead atoms. The molecule has 6 N–H and O–H groups in total.